The summed E-state index contributed by atoms with van der Waals surface area (Å²) in [4.78, 5) is 27.4. The number of para-hydroxylation sites is 1. The summed E-state index contributed by atoms with van der Waals surface area (Å²) >= 11 is 6.46. The zero-order valence-electron chi connectivity index (χ0n) is 19.2. The van der Waals surface area contributed by atoms with Crippen LogP contribution in [0.4, 0.5) is 11.6 Å². The quantitative estimate of drug-likeness (QED) is 0.363. The predicted octanol–water partition coefficient (Wildman–Crippen LogP) is 5.35. The molecule has 2 aromatic heterocycles. The van der Waals surface area contributed by atoms with E-state index in [0.29, 0.717) is 29.8 Å². The van der Waals surface area contributed by atoms with E-state index in [-0.39, 0.29) is 11.9 Å². The zero-order valence-corrected chi connectivity index (χ0v) is 20.0. The normalized spacial score (nSPS) is 14.4. The molecule has 0 spiro atoms. The summed E-state index contributed by atoms with van der Waals surface area (Å²) in [6.07, 6.45) is 5.23. The molecule has 1 fully saturated rings. The summed E-state index contributed by atoms with van der Waals surface area (Å²) in [5.41, 5.74) is 5.43. The molecule has 0 radical (unpaired) electrons. The number of piperidine rings is 1. The van der Waals surface area contributed by atoms with E-state index in [4.69, 9.17) is 16.6 Å². The highest BCUT2D eigenvalue weighted by Gasteiger charge is 2.25. The number of rotatable bonds is 5. The topological polar surface area (TPSA) is 85.9 Å². The van der Waals surface area contributed by atoms with E-state index in [1.165, 1.54) is 0 Å². The molecule has 1 amide bonds. The van der Waals surface area contributed by atoms with Gasteiger partial charge in [-0.25, -0.2) is 9.97 Å². The summed E-state index contributed by atoms with van der Waals surface area (Å²) in [5.74, 6) is 0.635. The van der Waals surface area contributed by atoms with Crippen molar-refractivity contribution in [1.29, 1.82) is 0 Å². The third kappa shape index (κ3) is 4.31. The number of benzene rings is 2. The second-order valence-corrected chi connectivity index (χ2v) is 9.04. The Balaban J connectivity index is 1.26. The first-order chi connectivity index (χ1) is 16.5. The van der Waals surface area contributed by atoms with E-state index in [0.717, 1.165) is 46.1 Å². The lowest BCUT2D eigenvalue weighted by Crippen LogP contribution is -2.42. The number of hydrogen-bond donors (Lipinski definition) is 3. The summed E-state index contributed by atoms with van der Waals surface area (Å²) in [6, 6.07) is 14.1. The number of amides is 1. The van der Waals surface area contributed by atoms with Crippen molar-refractivity contribution in [3.05, 3.63) is 71.0 Å². The molecule has 5 rings (SSSR count). The second kappa shape index (κ2) is 9.35. The lowest BCUT2D eigenvalue weighted by molar-refractivity contribution is 0.0717. The lowest BCUT2D eigenvalue weighted by Gasteiger charge is -2.32. The Morgan fingerprint density at radius 1 is 1.18 bits per heavy atom. The van der Waals surface area contributed by atoms with Crippen LogP contribution in [0.5, 0.6) is 0 Å². The van der Waals surface area contributed by atoms with Crippen LogP contribution in [0.1, 0.15) is 28.8 Å². The molecule has 2 aromatic carbocycles. The largest absolute Gasteiger partial charge is 0.388 e. The van der Waals surface area contributed by atoms with Crippen LogP contribution in [0.25, 0.3) is 22.2 Å². The summed E-state index contributed by atoms with van der Waals surface area (Å²) in [6.45, 7) is 3.35. The number of aromatic amines is 1. The van der Waals surface area contributed by atoms with Crippen molar-refractivity contribution < 1.29 is 4.79 Å². The molecule has 174 valence electrons. The van der Waals surface area contributed by atoms with Gasteiger partial charge in [-0.2, -0.15) is 0 Å². The summed E-state index contributed by atoms with van der Waals surface area (Å²) in [7, 11) is 1.88. The Hall–Kier alpha value is -3.58. The van der Waals surface area contributed by atoms with Gasteiger partial charge >= 0.3 is 0 Å². The van der Waals surface area contributed by atoms with Crippen LogP contribution in [-0.4, -0.2) is 51.9 Å². The van der Waals surface area contributed by atoms with Crippen LogP contribution in [0.2, 0.25) is 5.02 Å². The fourth-order valence-corrected chi connectivity index (χ4v) is 4.72. The highest BCUT2D eigenvalue weighted by atomic mass is 35.5. The van der Waals surface area contributed by atoms with Gasteiger partial charge in [-0.05, 0) is 49.6 Å². The molecule has 0 saturated carbocycles. The summed E-state index contributed by atoms with van der Waals surface area (Å²) in [5, 5.41) is 8.14. The molecule has 0 aliphatic carbocycles. The van der Waals surface area contributed by atoms with E-state index in [1.807, 2.05) is 67.5 Å². The number of fused-ring (bicyclic) bond motifs is 1. The first kappa shape index (κ1) is 22.2. The third-order valence-corrected chi connectivity index (χ3v) is 6.73. The Bertz CT molecular complexity index is 1340. The minimum absolute atomic E-state index is 0.0861. The van der Waals surface area contributed by atoms with Crippen molar-refractivity contribution in [3.63, 3.8) is 0 Å². The van der Waals surface area contributed by atoms with Crippen molar-refractivity contribution in [1.82, 2.24) is 19.9 Å². The molecule has 3 N–H and O–H groups in total. The number of anilines is 2. The van der Waals surface area contributed by atoms with Crippen molar-refractivity contribution >= 4 is 40.0 Å². The molecule has 8 heteroatoms. The molecule has 1 aliphatic rings. The molecule has 0 atom stereocenters. The number of nitrogens with zero attached hydrogens (tertiary/aromatic N) is 3. The Kier molecular flexibility index (Phi) is 6.11. The second-order valence-electron chi connectivity index (χ2n) is 8.63. The first-order valence-corrected chi connectivity index (χ1v) is 11.8. The van der Waals surface area contributed by atoms with Crippen LogP contribution < -0.4 is 10.6 Å². The highest BCUT2D eigenvalue weighted by molar-refractivity contribution is 6.33. The molecule has 7 nitrogen and oxygen atoms in total. The first-order valence-electron chi connectivity index (χ1n) is 11.5. The molecule has 1 saturated heterocycles. The van der Waals surface area contributed by atoms with Gasteiger partial charge in [0.2, 0.25) is 5.95 Å². The lowest BCUT2D eigenvalue weighted by atomic mass is 10.0. The van der Waals surface area contributed by atoms with Crippen LogP contribution >= 0.6 is 11.6 Å². The van der Waals surface area contributed by atoms with Gasteiger partial charge < -0.3 is 20.5 Å². The summed E-state index contributed by atoms with van der Waals surface area (Å²) < 4.78 is 0. The number of hydrogen-bond acceptors (Lipinski definition) is 5. The van der Waals surface area contributed by atoms with Crippen LogP contribution in [0.15, 0.2) is 54.9 Å². The molecular weight excluding hydrogens is 448 g/mol. The molecule has 1 aliphatic heterocycles. The van der Waals surface area contributed by atoms with E-state index in [1.54, 1.807) is 6.20 Å². The van der Waals surface area contributed by atoms with E-state index in [2.05, 4.69) is 20.6 Å². The SMILES string of the molecule is CNc1ccc(C(=O)N2CCC(Nc3ncc(Cl)c(-c4c[nH]c5ccccc45)n3)CC2)c(C)c1. The van der Waals surface area contributed by atoms with E-state index < -0.39 is 0 Å². The van der Waals surface area contributed by atoms with E-state index in [9.17, 15) is 4.79 Å². The monoisotopic (exact) mass is 474 g/mol. The van der Waals surface area contributed by atoms with Crippen LogP contribution in [0.3, 0.4) is 0 Å². The van der Waals surface area contributed by atoms with Crippen molar-refractivity contribution in [2.24, 2.45) is 0 Å². The van der Waals surface area contributed by atoms with Crippen molar-refractivity contribution in [3.8, 4) is 11.3 Å². The molecule has 34 heavy (non-hydrogen) atoms. The molecule has 4 aromatic rings. The third-order valence-electron chi connectivity index (χ3n) is 6.45. The molecule has 3 heterocycles. The zero-order chi connectivity index (χ0) is 23.7. The smallest absolute Gasteiger partial charge is 0.254 e. The standard InChI is InChI=1S/C26H27ClN6O/c1-16-13-18(28-2)7-8-19(16)25(34)33-11-9-17(10-12-33)31-26-30-15-22(27)24(32-26)21-14-29-23-6-4-3-5-20(21)23/h3-8,13-15,17,28-29H,9-12H2,1-2H3,(H,30,31,32). The van der Waals surface area contributed by atoms with Gasteiger partial charge in [-0.1, -0.05) is 29.8 Å². The predicted molar refractivity (Wildman–Crippen MR) is 138 cm³/mol. The Morgan fingerprint density at radius 2 is 1.97 bits per heavy atom. The molecule has 0 bridgehead atoms. The maximum absolute atomic E-state index is 13.0. The van der Waals surface area contributed by atoms with Gasteiger partial charge in [0, 0.05) is 60.1 Å². The number of carbonyl (C=O) groups excluding carboxylic acids is 1. The minimum Gasteiger partial charge on any atom is -0.388 e. The molecule has 0 unspecified atom stereocenters. The van der Waals surface area contributed by atoms with Gasteiger partial charge in [-0.15, -0.1) is 0 Å². The van der Waals surface area contributed by atoms with Gasteiger partial charge in [-0.3, -0.25) is 4.79 Å². The fraction of sp³-hybridized carbons (Fsp3) is 0.269. The average Bonchev–Trinajstić information content (AvgIpc) is 3.29. The highest BCUT2D eigenvalue weighted by Crippen LogP contribution is 2.32. The van der Waals surface area contributed by atoms with Gasteiger partial charge in [0.25, 0.3) is 5.91 Å². The maximum atomic E-state index is 13.0. The number of halogens is 1. The minimum atomic E-state index is 0.0861. The van der Waals surface area contributed by atoms with Gasteiger partial charge in [0.15, 0.2) is 0 Å². The Labute approximate surface area is 203 Å². The fourth-order valence-electron chi connectivity index (χ4n) is 4.53. The van der Waals surface area contributed by atoms with Crippen molar-refractivity contribution in [2.45, 2.75) is 25.8 Å². The van der Waals surface area contributed by atoms with Gasteiger partial charge in [0.1, 0.15) is 0 Å². The van der Waals surface area contributed by atoms with Crippen LogP contribution in [0, 0.1) is 6.92 Å². The van der Waals surface area contributed by atoms with Crippen LogP contribution in [-0.2, 0) is 0 Å². The number of aryl methyl sites for hydroxylation is 1. The maximum Gasteiger partial charge on any atom is 0.254 e. The van der Waals surface area contributed by atoms with Gasteiger partial charge in [0.05, 0.1) is 16.9 Å². The number of aromatic nitrogens is 3. The number of likely N-dealkylation sites (tertiary alicyclic amines) is 1. The number of carbonyl (C=O) groups is 1. The number of H-pyrrole nitrogens is 1. The van der Waals surface area contributed by atoms with E-state index >= 15 is 0 Å². The van der Waals surface area contributed by atoms with Crippen molar-refractivity contribution in [2.75, 3.05) is 30.8 Å². The average molecular weight is 475 g/mol. The number of nitrogens with one attached hydrogen (secondary N) is 3. The molecular formula is C26H27ClN6O. The Morgan fingerprint density at radius 3 is 2.74 bits per heavy atom.